The summed E-state index contributed by atoms with van der Waals surface area (Å²) in [5.74, 6) is 2.13. The van der Waals surface area contributed by atoms with E-state index in [0.29, 0.717) is 24.7 Å². The van der Waals surface area contributed by atoms with Gasteiger partial charge in [0.2, 0.25) is 0 Å². The van der Waals surface area contributed by atoms with Crippen LogP contribution >= 0.6 is 0 Å². The number of aromatic hydroxyl groups is 1. The normalized spacial score (nSPS) is 11.9. The third-order valence-corrected chi connectivity index (χ3v) is 4.22. The smallest absolute Gasteiger partial charge is 0.162 e. The Labute approximate surface area is 149 Å². The molecule has 0 aliphatic carbocycles. The molecule has 2 rings (SSSR count). The molecule has 0 aliphatic rings. The van der Waals surface area contributed by atoms with Gasteiger partial charge >= 0.3 is 0 Å². The predicted octanol–water partition coefficient (Wildman–Crippen LogP) is 3.97. The number of methoxy groups -OCH3 is 2. The van der Waals surface area contributed by atoms with E-state index in [4.69, 9.17) is 14.2 Å². The Hall–Kier alpha value is -2.40. The molecule has 5 heteroatoms. The molecule has 0 fully saturated rings. The van der Waals surface area contributed by atoms with Gasteiger partial charge in [0.15, 0.2) is 23.0 Å². The molecule has 0 saturated carbocycles. The highest BCUT2D eigenvalue weighted by Crippen LogP contribution is 2.34. The van der Waals surface area contributed by atoms with Crippen molar-refractivity contribution >= 4 is 0 Å². The lowest BCUT2D eigenvalue weighted by molar-refractivity contribution is 0.316. The van der Waals surface area contributed by atoms with Crippen LogP contribution in [0, 0.1) is 6.92 Å². The number of para-hydroxylation sites is 1. The molecule has 0 bridgehead atoms. The van der Waals surface area contributed by atoms with Gasteiger partial charge < -0.3 is 24.6 Å². The monoisotopic (exact) mass is 345 g/mol. The second-order valence-electron chi connectivity index (χ2n) is 5.86. The van der Waals surface area contributed by atoms with Gasteiger partial charge in [0.25, 0.3) is 0 Å². The molecule has 0 spiro atoms. The molecule has 2 aromatic carbocycles. The summed E-state index contributed by atoms with van der Waals surface area (Å²) in [5, 5.41) is 13.7. The zero-order valence-electron chi connectivity index (χ0n) is 15.6. The van der Waals surface area contributed by atoms with E-state index in [9.17, 15) is 5.11 Å². The lowest BCUT2D eigenvalue weighted by Crippen LogP contribution is -2.19. The van der Waals surface area contributed by atoms with Crippen LogP contribution in [0.1, 0.15) is 36.6 Å². The van der Waals surface area contributed by atoms with Crippen LogP contribution in [-0.4, -0.2) is 25.9 Å². The summed E-state index contributed by atoms with van der Waals surface area (Å²) in [6.45, 7) is 7.07. The van der Waals surface area contributed by atoms with E-state index in [1.165, 1.54) is 0 Å². The highest BCUT2D eigenvalue weighted by molar-refractivity contribution is 5.48. The summed E-state index contributed by atoms with van der Waals surface area (Å²) in [4.78, 5) is 0. The van der Waals surface area contributed by atoms with Crippen molar-refractivity contribution in [3.8, 4) is 23.0 Å². The van der Waals surface area contributed by atoms with Crippen LogP contribution in [0.25, 0.3) is 0 Å². The van der Waals surface area contributed by atoms with Crippen LogP contribution in [0.2, 0.25) is 0 Å². The number of benzene rings is 2. The highest BCUT2D eigenvalue weighted by Gasteiger charge is 2.15. The molecular formula is C20H27NO4. The maximum Gasteiger partial charge on any atom is 0.162 e. The Bertz CT molecular complexity index is 715. The largest absolute Gasteiger partial charge is 0.504 e. The molecular weight excluding hydrogens is 318 g/mol. The number of hydrogen-bond donors (Lipinski definition) is 2. The molecule has 0 aliphatic heterocycles. The Balaban J connectivity index is 2.15. The first-order chi connectivity index (χ1) is 12.0. The van der Waals surface area contributed by atoms with Crippen LogP contribution in [0.15, 0.2) is 30.3 Å². The molecule has 136 valence electrons. The van der Waals surface area contributed by atoms with Gasteiger partial charge in [0.1, 0.15) is 0 Å². The summed E-state index contributed by atoms with van der Waals surface area (Å²) in [7, 11) is 3.26. The summed E-state index contributed by atoms with van der Waals surface area (Å²) >= 11 is 0. The Kier molecular flexibility index (Phi) is 6.53. The number of hydrogen-bond acceptors (Lipinski definition) is 5. The quantitative estimate of drug-likeness (QED) is 0.758. The molecule has 0 unspecified atom stereocenters. The Morgan fingerprint density at radius 3 is 2.40 bits per heavy atom. The average molecular weight is 345 g/mol. The number of nitrogens with one attached hydrogen (secondary N) is 1. The van der Waals surface area contributed by atoms with Gasteiger partial charge in [-0.3, -0.25) is 0 Å². The Morgan fingerprint density at radius 1 is 1.08 bits per heavy atom. The summed E-state index contributed by atoms with van der Waals surface area (Å²) < 4.78 is 16.2. The molecule has 0 saturated heterocycles. The van der Waals surface area contributed by atoms with Gasteiger partial charge in [-0.1, -0.05) is 12.1 Å². The van der Waals surface area contributed by atoms with E-state index in [2.05, 4.69) is 12.2 Å². The first-order valence-electron chi connectivity index (χ1n) is 8.41. The lowest BCUT2D eigenvalue weighted by atomic mass is 10.0. The molecule has 25 heavy (non-hydrogen) atoms. The summed E-state index contributed by atoms with van der Waals surface area (Å²) in [5.41, 5.74) is 3.04. The van der Waals surface area contributed by atoms with Crippen molar-refractivity contribution in [2.45, 2.75) is 33.4 Å². The minimum absolute atomic E-state index is 0.0787. The topological polar surface area (TPSA) is 60.0 Å². The van der Waals surface area contributed by atoms with E-state index >= 15 is 0 Å². The van der Waals surface area contributed by atoms with Crippen molar-refractivity contribution in [2.24, 2.45) is 0 Å². The van der Waals surface area contributed by atoms with Crippen LogP contribution in [0.3, 0.4) is 0 Å². The zero-order valence-corrected chi connectivity index (χ0v) is 15.6. The van der Waals surface area contributed by atoms with Crippen molar-refractivity contribution in [3.05, 3.63) is 47.0 Å². The fraction of sp³-hybridized carbons (Fsp3) is 0.400. The van der Waals surface area contributed by atoms with Gasteiger partial charge in [0, 0.05) is 18.2 Å². The van der Waals surface area contributed by atoms with Crippen molar-refractivity contribution in [1.29, 1.82) is 0 Å². The van der Waals surface area contributed by atoms with Crippen molar-refractivity contribution < 1.29 is 19.3 Å². The van der Waals surface area contributed by atoms with Gasteiger partial charge in [-0.15, -0.1) is 0 Å². The predicted molar refractivity (Wildman–Crippen MR) is 98.8 cm³/mol. The molecule has 0 amide bonds. The maximum absolute atomic E-state index is 10.3. The van der Waals surface area contributed by atoms with Crippen LogP contribution < -0.4 is 19.5 Å². The van der Waals surface area contributed by atoms with Crippen LogP contribution in [-0.2, 0) is 6.54 Å². The number of ether oxygens (including phenoxy) is 3. The van der Waals surface area contributed by atoms with E-state index in [0.717, 1.165) is 22.4 Å². The van der Waals surface area contributed by atoms with E-state index in [-0.39, 0.29) is 11.8 Å². The first kappa shape index (κ1) is 18.9. The van der Waals surface area contributed by atoms with Crippen molar-refractivity contribution in [3.63, 3.8) is 0 Å². The summed E-state index contributed by atoms with van der Waals surface area (Å²) in [6, 6.07) is 9.58. The zero-order chi connectivity index (χ0) is 18.4. The van der Waals surface area contributed by atoms with Crippen LogP contribution in [0.5, 0.6) is 23.0 Å². The fourth-order valence-electron chi connectivity index (χ4n) is 2.82. The van der Waals surface area contributed by atoms with Crippen molar-refractivity contribution in [1.82, 2.24) is 5.32 Å². The standard InChI is InChI=1S/C20H27NO4/c1-6-25-17-9-7-8-15(20(17)22)12-21-14(3)16-11-19(24-5)18(23-4)10-13(16)2/h7-11,14,21-22H,6,12H2,1-5H3/t14-/m0/s1. The van der Waals surface area contributed by atoms with Gasteiger partial charge in [-0.2, -0.15) is 0 Å². The van der Waals surface area contributed by atoms with E-state index < -0.39 is 0 Å². The number of aryl methyl sites for hydroxylation is 1. The second-order valence-corrected chi connectivity index (χ2v) is 5.86. The maximum atomic E-state index is 10.3. The van der Waals surface area contributed by atoms with Gasteiger partial charge in [-0.25, -0.2) is 0 Å². The summed E-state index contributed by atoms with van der Waals surface area (Å²) in [6.07, 6.45) is 0. The highest BCUT2D eigenvalue weighted by atomic mass is 16.5. The SMILES string of the molecule is CCOc1cccc(CN[C@@H](C)c2cc(OC)c(OC)cc2C)c1O. The lowest BCUT2D eigenvalue weighted by Gasteiger charge is -2.20. The van der Waals surface area contributed by atoms with Crippen LogP contribution in [0.4, 0.5) is 0 Å². The van der Waals surface area contributed by atoms with E-state index in [1.54, 1.807) is 20.3 Å². The number of rotatable bonds is 8. The van der Waals surface area contributed by atoms with E-state index in [1.807, 2.05) is 38.1 Å². The number of phenols is 1. The van der Waals surface area contributed by atoms with Gasteiger partial charge in [0.05, 0.1) is 20.8 Å². The molecule has 0 heterocycles. The number of phenolic OH excluding ortho intramolecular Hbond substituents is 1. The minimum Gasteiger partial charge on any atom is -0.504 e. The Morgan fingerprint density at radius 2 is 1.76 bits per heavy atom. The fourth-order valence-corrected chi connectivity index (χ4v) is 2.82. The third-order valence-electron chi connectivity index (χ3n) is 4.22. The minimum atomic E-state index is 0.0787. The average Bonchev–Trinajstić information content (AvgIpc) is 2.62. The van der Waals surface area contributed by atoms with Crippen molar-refractivity contribution in [2.75, 3.05) is 20.8 Å². The molecule has 2 N–H and O–H groups in total. The molecule has 0 aromatic heterocycles. The molecule has 0 radical (unpaired) electrons. The second kappa shape index (κ2) is 8.62. The molecule has 2 aromatic rings. The van der Waals surface area contributed by atoms with Gasteiger partial charge in [-0.05, 0) is 50.1 Å². The molecule has 5 nitrogen and oxygen atoms in total. The third kappa shape index (κ3) is 4.37. The first-order valence-corrected chi connectivity index (χ1v) is 8.41. The molecule has 1 atom stereocenters.